The Hall–Kier alpha value is -2.89. The zero-order valence-corrected chi connectivity index (χ0v) is 16.9. The Morgan fingerprint density at radius 2 is 2.00 bits per heavy atom. The fraction of sp³-hybridized carbons (Fsp3) is 0.217. The summed E-state index contributed by atoms with van der Waals surface area (Å²) in [7, 11) is 0. The van der Waals surface area contributed by atoms with Crippen molar-refractivity contribution in [1.29, 1.82) is 0 Å². The first-order valence-corrected chi connectivity index (χ1v) is 10.1. The third-order valence-corrected chi connectivity index (χ3v) is 5.92. The van der Waals surface area contributed by atoms with Crippen molar-refractivity contribution >= 4 is 22.5 Å². The molecule has 5 nitrogen and oxygen atoms in total. The number of aromatic amines is 2. The van der Waals surface area contributed by atoms with Gasteiger partial charge in [-0.15, -0.1) is 0 Å². The minimum atomic E-state index is -0.0561. The Morgan fingerprint density at radius 1 is 1.17 bits per heavy atom. The van der Waals surface area contributed by atoms with Crippen LogP contribution in [0.25, 0.3) is 22.3 Å². The van der Waals surface area contributed by atoms with Crippen LogP contribution in [0.1, 0.15) is 22.4 Å². The van der Waals surface area contributed by atoms with Crippen molar-refractivity contribution in [3.63, 3.8) is 0 Å². The van der Waals surface area contributed by atoms with Crippen molar-refractivity contribution in [3.8, 4) is 11.4 Å². The number of aromatic nitrogens is 3. The third-order valence-electron chi connectivity index (χ3n) is 5.67. The van der Waals surface area contributed by atoms with E-state index >= 15 is 0 Å². The van der Waals surface area contributed by atoms with Crippen molar-refractivity contribution < 1.29 is 0 Å². The summed E-state index contributed by atoms with van der Waals surface area (Å²) >= 11 is 5.96. The molecule has 1 aliphatic heterocycles. The Labute approximate surface area is 173 Å². The van der Waals surface area contributed by atoms with Gasteiger partial charge >= 0.3 is 0 Å². The SMILES string of the molecule is Cc1cccc2c(CN3CCc4nc(-c5ccc(Cl)cc5)[nH]c(=O)c4C3)c[nH]c12. The van der Waals surface area contributed by atoms with Crippen LogP contribution in [0, 0.1) is 6.92 Å². The van der Waals surface area contributed by atoms with Gasteiger partial charge in [0.2, 0.25) is 0 Å². The number of hydrogen-bond donors (Lipinski definition) is 2. The van der Waals surface area contributed by atoms with Gasteiger partial charge in [-0.3, -0.25) is 9.69 Å². The summed E-state index contributed by atoms with van der Waals surface area (Å²) in [5.41, 5.74) is 6.16. The molecule has 2 aromatic carbocycles. The molecule has 4 aromatic rings. The number of nitrogens with zero attached hydrogens (tertiary/aromatic N) is 2. The van der Waals surface area contributed by atoms with Gasteiger partial charge in [0.1, 0.15) is 5.82 Å². The molecule has 2 aromatic heterocycles. The topological polar surface area (TPSA) is 64.8 Å². The van der Waals surface area contributed by atoms with Gasteiger partial charge in [-0.25, -0.2) is 4.98 Å². The third kappa shape index (κ3) is 3.37. The van der Waals surface area contributed by atoms with E-state index in [0.29, 0.717) is 17.4 Å². The highest BCUT2D eigenvalue weighted by Gasteiger charge is 2.22. The Kier molecular flexibility index (Phi) is 4.49. The number of hydrogen-bond acceptors (Lipinski definition) is 3. The average Bonchev–Trinajstić information content (AvgIpc) is 3.13. The lowest BCUT2D eigenvalue weighted by atomic mass is 10.0. The molecule has 2 N–H and O–H groups in total. The molecule has 0 aliphatic carbocycles. The summed E-state index contributed by atoms with van der Waals surface area (Å²) in [4.78, 5) is 26.2. The summed E-state index contributed by atoms with van der Waals surface area (Å²) in [5, 5.41) is 1.91. The number of aryl methyl sites for hydroxylation is 1. The maximum Gasteiger partial charge on any atom is 0.255 e. The maximum absolute atomic E-state index is 12.8. The highest BCUT2D eigenvalue weighted by molar-refractivity contribution is 6.30. The molecule has 0 saturated carbocycles. The molecule has 1 aliphatic rings. The number of halogens is 1. The molecule has 0 saturated heterocycles. The lowest BCUT2D eigenvalue weighted by Gasteiger charge is -2.27. The lowest BCUT2D eigenvalue weighted by Crippen LogP contribution is -2.35. The smallest absolute Gasteiger partial charge is 0.255 e. The Bertz CT molecular complexity index is 1260. The van der Waals surface area contributed by atoms with Crippen LogP contribution in [0.5, 0.6) is 0 Å². The van der Waals surface area contributed by atoms with E-state index in [1.54, 1.807) is 12.1 Å². The number of H-pyrrole nitrogens is 2. The van der Waals surface area contributed by atoms with Gasteiger partial charge in [0.15, 0.2) is 0 Å². The molecule has 0 fully saturated rings. The molecule has 0 radical (unpaired) electrons. The van der Waals surface area contributed by atoms with E-state index in [2.05, 4.69) is 46.2 Å². The molecular formula is C23H21ClN4O. The number of benzene rings is 2. The van der Waals surface area contributed by atoms with E-state index in [4.69, 9.17) is 16.6 Å². The molecule has 0 bridgehead atoms. The molecule has 146 valence electrons. The van der Waals surface area contributed by atoms with Gasteiger partial charge < -0.3 is 9.97 Å². The first-order chi connectivity index (χ1) is 14.1. The van der Waals surface area contributed by atoms with Crippen LogP contribution in [0.2, 0.25) is 5.02 Å². The predicted molar refractivity (Wildman–Crippen MR) is 116 cm³/mol. The highest BCUT2D eigenvalue weighted by atomic mass is 35.5. The van der Waals surface area contributed by atoms with Gasteiger partial charge in [-0.2, -0.15) is 0 Å². The second-order valence-corrected chi connectivity index (χ2v) is 8.06. The molecule has 5 rings (SSSR count). The monoisotopic (exact) mass is 404 g/mol. The van der Waals surface area contributed by atoms with Crippen LogP contribution in [-0.4, -0.2) is 26.4 Å². The van der Waals surface area contributed by atoms with E-state index in [1.807, 2.05) is 12.1 Å². The quantitative estimate of drug-likeness (QED) is 0.530. The summed E-state index contributed by atoms with van der Waals surface area (Å²) in [6.07, 6.45) is 2.85. The molecule has 29 heavy (non-hydrogen) atoms. The molecule has 0 unspecified atom stereocenters. The Balaban J connectivity index is 1.41. The lowest BCUT2D eigenvalue weighted by molar-refractivity contribution is 0.242. The molecule has 0 spiro atoms. The molecule has 3 heterocycles. The zero-order chi connectivity index (χ0) is 20.0. The van der Waals surface area contributed by atoms with E-state index in [1.165, 1.54) is 22.0 Å². The number of fused-ring (bicyclic) bond motifs is 2. The standard InChI is InChI=1S/C23H21ClN4O/c1-14-3-2-4-18-16(11-25-21(14)18)12-28-10-9-20-19(13-28)23(29)27-22(26-20)15-5-7-17(24)8-6-15/h2-8,11,25H,9-10,12-13H2,1H3,(H,26,27,29). The van der Waals surface area contributed by atoms with Crippen LogP contribution in [0.4, 0.5) is 0 Å². The van der Waals surface area contributed by atoms with Crippen molar-refractivity contribution in [3.05, 3.63) is 86.4 Å². The molecular weight excluding hydrogens is 384 g/mol. The van der Waals surface area contributed by atoms with Gasteiger partial charge in [-0.05, 0) is 42.3 Å². The second kappa shape index (κ2) is 7.17. The van der Waals surface area contributed by atoms with Crippen LogP contribution in [0.3, 0.4) is 0 Å². The van der Waals surface area contributed by atoms with Gasteiger partial charge in [0.05, 0.1) is 11.3 Å². The molecule has 0 atom stereocenters. The van der Waals surface area contributed by atoms with Crippen LogP contribution >= 0.6 is 11.6 Å². The van der Waals surface area contributed by atoms with Crippen LogP contribution in [-0.2, 0) is 19.5 Å². The number of rotatable bonds is 3. The van der Waals surface area contributed by atoms with E-state index in [9.17, 15) is 4.79 Å². The van der Waals surface area contributed by atoms with Crippen molar-refractivity contribution in [2.75, 3.05) is 6.54 Å². The zero-order valence-electron chi connectivity index (χ0n) is 16.1. The second-order valence-electron chi connectivity index (χ2n) is 7.62. The largest absolute Gasteiger partial charge is 0.361 e. The minimum Gasteiger partial charge on any atom is -0.361 e. The summed E-state index contributed by atoms with van der Waals surface area (Å²) in [5.74, 6) is 0.603. The molecule has 6 heteroatoms. The predicted octanol–water partition coefficient (Wildman–Crippen LogP) is 4.44. The van der Waals surface area contributed by atoms with E-state index in [0.717, 1.165) is 36.3 Å². The fourth-order valence-electron chi connectivity index (χ4n) is 4.10. The Morgan fingerprint density at radius 3 is 2.83 bits per heavy atom. The van der Waals surface area contributed by atoms with E-state index < -0.39 is 0 Å². The van der Waals surface area contributed by atoms with Gasteiger partial charge in [-0.1, -0.05) is 29.8 Å². The minimum absolute atomic E-state index is 0.0561. The van der Waals surface area contributed by atoms with Gasteiger partial charge in [0.25, 0.3) is 5.56 Å². The van der Waals surface area contributed by atoms with Crippen LogP contribution < -0.4 is 5.56 Å². The summed E-state index contributed by atoms with van der Waals surface area (Å²) < 4.78 is 0. The van der Waals surface area contributed by atoms with Crippen molar-refractivity contribution in [2.45, 2.75) is 26.4 Å². The normalized spacial score (nSPS) is 14.3. The molecule has 0 amide bonds. The first-order valence-electron chi connectivity index (χ1n) is 9.74. The first kappa shape index (κ1) is 18.2. The average molecular weight is 405 g/mol. The van der Waals surface area contributed by atoms with Crippen molar-refractivity contribution in [2.24, 2.45) is 0 Å². The fourth-order valence-corrected chi connectivity index (χ4v) is 4.22. The van der Waals surface area contributed by atoms with Crippen LogP contribution in [0.15, 0.2) is 53.5 Å². The maximum atomic E-state index is 12.8. The van der Waals surface area contributed by atoms with Gasteiger partial charge in [0, 0.05) is 53.7 Å². The van der Waals surface area contributed by atoms with Crippen molar-refractivity contribution in [1.82, 2.24) is 19.9 Å². The number of para-hydroxylation sites is 1. The number of nitrogens with one attached hydrogen (secondary N) is 2. The summed E-state index contributed by atoms with van der Waals surface area (Å²) in [6.45, 7) is 4.41. The summed E-state index contributed by atoms with van der Waals surface area (Å²) in [6, 6.07) is 13.7. The van der Waals surface area contributed by atoms with E-state index in [-0.39, 0.29) is 5.56 Å². The highest BCUT2D eigenvalue weighted by Crippen LogP contribution is 2.25.